The fraction of sp³-hybridized carbons (Fsp3) is 0.314. The minimum absolute atomic E-state index is 0.0126. The van der Waals surface area contributed by atoms with Crippen LogP contribution in [0.4, 0.5) is 18.2 Å². The molecule has 372 valence electrons. The SMILES string of the molecule is CC(=N)N1C(=N)[C@H](CC(=O)N(C)CCOc2ccc(CN(C)Cc3ccc(-n4c(C(=O)NCC(F)(F)F)nnc4-c4cc(C(C)C)c(O)cc4O)cc3)cc2)N=C(c2ccc(Cl)cc2)c2c1sc(C)c2C. The average Bonchev–Trinajstić information content (AvgIpc) is 3.84. The van der Waals surface area contributed by atoms with Crippen LogP contribution in [-0.4, -0.2) is 110 Å². The summed E-state index contributed by atoms with van der Waals surface area (Å²) in [5.74, 6) is -1.64. The number of carbonyl (C=O) groups excluding carboxylic acids is 2. The van der Waals surface area contributed by atoms with Gasteiger partial charge in [0.1, 0.15) is 53.1 Å². The monoisotopic (exact) mass is 1010 g/mol. The maximum atomic E-state index is 13.7. The van der Waals surface area contributed by atoms with Gasteiger partial charge in [-0.2, -0.15) is 13.2 Å². The highest BCUT2D eigenvalue weighted by Crippen LogP contribution is 2.41. The second kappa shape index (κ2) is 21.5. The predicted molar refractivity (Wildman–Crippen MR) is 270 cm³/mol. The summed E-state index contributed by atoms with van der Waals surface area (Å²) in [6, 6.07) is 23.7. The number of fused-ring (bicyclic) bond motifs is 1. The summed E-state index contributed by atoms with van der Waals surface area (Å²) in [7, 11) is 3.63. The van der Waals surface area contributed by atoms with E-state index in [1.807, 2.05) is 76.5 Å². The van der Waals surface area contributed by atoms with Gasteiger partial charge in [0.05, 0.1) is 24.2 Å². The van der Waals surface area contributed by atoms with Crippen molar-refractivity contribution in [3.8, 4) is 34.3 Å². The molecule has 0 saturated carbocycles. The van der Waals surface area contributed by atoms with Gasteiger partial charge in [-0.1, -0.05) is 61.8 Å². The van der Waals surface area contributed by atoms with Crippen LogP contribution in [0.15, 0.2) is 89.9 Å². The molecule has 1 atom stereocenters. The molecule has 6 aromatic rings. The number of amides is 2. The lowest BCUT2D eigenvalue weighted by molar-refractivity contribution is -0.130. The summed E-state index contributed by atoms with van der Waals surface area (Å²) in [4.78, 5) is 38.1. The van der Waals surface area contributed by atoms with Crippen LogP contribution in [0.2, 0.25) is 5.02 Å². The molecule has 0 aliphatic carbocycles. The van der Waals surface area contributed by atoms with Crippen molar-refractivity contribution in [2.75, 3.05) is 38.7 Å². The number of ether oxygens (including phenoxy) is 1. The Bertz CT molecular complexity index is 2990. The van der Waals surface area contributed by atoms with Gasteiger partial charge >= 0.3 is 6.18 Å². The van der Waals surface area contributed by atoms with Crippen LogP contribution < -0.4 is 15.0 Å². The summed E-state index contributed by atoms with van der Waals surface area (Å²) in [6.45, 7) is 9.28. The molecule has 4 aromatic carbocycles. The highest BCUT2D eigenvalue weighted by molar-refractivity contribution is 7.17. The number of anilines is 1. The number of aliphatic imine (C=N–C) groups is 1. The number of benzene rings is 4. The van der Waals surface area contributed by atoms with Gasteiger partial charge in [-0.25, -0.2) is 0 Å². The molecule has 71 heavy (non-hydrogen) atoms. The van der Waals surface area contributed by atoms with E-state index >= 15 is 0 Å². The van der Waals surface area contributed by atoms with Crippen molar-refractivity contribution in [2.24, 2.45) is 4.99 Å². The Labute approximate surface area is 418 Å². The van der Waals surface area contributed by atoms with Gasteiger partial charge in [-0.05, 0) is 98.5 Å². The number of phenols is 2. The molecule has 1 aliphatic rings. The molecule has 0 spiro atoms. The van der Waals surface area contributed by atoms with Crippen LogP contribution >= 0.6 is 22.9 Å². The number of likely N-dealkylation sites (N-methyl/N-ethyl adjacent to an activating group) is 1. The van der Waals surface area contributed by atoms with Gasteiger partial charge in [0.15, 0.2) is 5.82 Å². The molecular formula is C51H54ClF3N10O5S. The van der Waals surface area contributed by atoms with Crippen molar-refractivity contribution >= 4 is 57.1 Å². The Kier molecular flexibility index (Phi) is 15.7. The molecule has 1 aliphatic heterocycles. The number of amidine groups is 2. The van der Waals surface area contributed by atoms with Crippen LogP contribution in [0, 0.1) is 24.7 Å². The first kappa shape index (κ1) is 51.8. The highest BCUT2D eigenvalue weighted by Gasteiger charge is 2.36. The van der Waals surface area contributed by atoms with E-state index in [0.29, 0.717) is 40.8 Å². The summed E-state index contributed by atoms with van der Waals surface area (Å²) in [5, 5.41) is 50.3. The molecule has 0 unspecified atom stereocenters. The van der Waals surface area contributed by atoms with Gasteiger partial charge in [0.2, 0.25) is 11.7 Å². The molecule has 20 heteroatoms. The topological polar surface area (TPSA) is 196 Å². The molecule has 0 saturated heterocycles. The van der Waals surface area contributed by atoms with Crippen molar-refractivity contribution in [1.82, 2.24) is 29.9 Å². The third-order valence-electron chi connectivity index (χ3n) is 11.9. The van der Waals surface area contributed by atoms with E-state index in [9.17, 15) is 38.4 Å². The maximum absolute atomic E-state index is 13.7. The quantitative estimate of drug-likeness (QED) is 0.0463. The van der Waals surface area contributed by atoms with Crippen LogP contribution in [0.1, 0.15) is 82.0 Å². The Morgan fingerprint density at radius 2 is 1.58 bits per heavy atom. The Morgan fingerprint density at radius 3 is 2.18 bits per heavy atom. The molecule has 3 heterocycles. The second-order valence-corrected chi connectivity index (χ2v) is 19.3. The molecule has 2 aromatic heterocycles. The van der Waals surface area contributed by atoms with E-state index < -0.39 is 30.5 Å². The average molecular weight is 1010 g/mol. The predicted octanol–water partition coefficient (Wildman–Crippen LogP) is 9.65. The minimum Gasteiger partial charge on any atom is -0.508 e. The molecule has 0 bridgehead atoms. The number of hydrogen-bond acceptors (Lipinski definition) is 12. The lowest BCUT2D eigenvalue weighted by atomic mass is 9.98. The number of hydrogen-bond donors (Lipinski definition) is 5. The number of nitrogens with zero attached hydrogens (tertiary/aromatic N) is 7. The summed E-state index contributed by atoms with van der Waals surface area (Å²) in [6.07, 6.45) is -4.75. The molecule has 0 radical (unpaired) electrons. The molecular weight excluding hydrogens is 957 g/mol. The molecule has 2 amide bonds. The van der Waals surface area contributed by atoms with E-state index in [2.05, 4.69) is 15.1 Å². The summed E-state index contributed by atoms with van der Waals surface area (Å²) >= 11 is 7.72. The number of alkyl halides is 3. The van der Waals surface area contributed by atoms with Crippen LogP contribution in [-0.2, 0) is 17.9 Å². The van der Waals surface area contributed by atoms with E-state index in [4.69, 9.17) is 26.7 Å². The van der Waals surface area contributed by atoms with Gasteiger partial charge < -0.3 is 25.2 Å². The zero-order valence-electron chi connectivity index (χ0n) is 40.2. The van der Waals surface area contributed by atoms with Gasteiger partial charge in [0.25, 0.3) is 5.91 Å². The molecule has 15 nitrogen and oxygen atoms in total. The van der Waals surface area contributed by atoms with Crippen molar-refractivity contribution < 1.29 is 37.7 Å². The second-order valence-electron chi connectivity index (χ2n) is 17.7. The van der Waals surface area contributed by atoms with Crippen LogP contribution in [0.5, 0.6) is 17.2 Å². The first-order chi connectivity index (χ1) is 33.6. The number of phenolic OH excluding ortho intramolecular Hbond substituents is 2. The first-order valence-corrected chi connectivity index (χ1v) is 23.8. The highest BCUT2D eigenvalue weighted by atomic mass is 35.5. The lowest BCUT2D eigenvalue weighted by Gasteiger charge is -2.26. The van der Waals surface area contributed by atoms with Gasteiger partial charge in [-0.15, -0.1) is 21.5 Å². The first-order valence-electron chi connectivity index (χ1n) is 22.6. The minimum atomic E-state index is -4.67. The third-order valence-corrected chi connectivity index (χ3v) is 13.4. The van der Waals surface area contributed by atoms with Crippen molar-refractivity contribution in [3.63, 3.8) is 0 Å². The van der Waals surface area contributed by atoms with Crippen molar-refractivity contribution in [1.29, 1.82) is 10.8 Å². The number of halogens is 4. The summed E-state index contributed by atoms with van der Waals surface area (Å²) < 4.78 is 46.5. The van der Waals surface area contributed by atoms with Crippen molar-refractivity contribution in [3.05, 3.63) is 134 Å². The molecule has 0 fully saturated rings. The molecule has 5 N–H and O–H groups in total. The number of rotatable bonds is 16. The van der Waals surface area contributed by atoms with Gasteiger partial charge in [-0.3, -0.25) is 39.8 Å². The fourth-order valence-corrected chi connectivity index (χ4v) is 9.45. The zero-order chi connectivity index (χ0) is 51.5. The number of aryl methyl sites for hydroxylation is 1. The van der Waals surface area contributed by atoms with E-state index in [0.717, 1.165) is 43.8 Å². The number of carbonyl (C=O) groups is 2. The standard InChI is InChI=1S/C51H54ClF3N10O5S/c1-28(2)38-22-39(42(67)24-41(38)66)47-60-61-48(49(69)58-27-51(53,54)55)65(47)36-16-8-32(9-17-36)25-62(6)26-33-10-18-37(19-11-33)70-21-20-63(7)43(68)23-40-46(57)64(31(5)56)50-44(29(3)30(4)71-50)45(59-40)34-12-14-35(52)15-13-34/h8-19,22,24,28,40,56-57,66-67H,20-21,23,25-27H2,1-7H3,(H,58,69)/t40-/m0/s1. The van der Waals surface area contributed by atoms with E-state index in [1.54, 1.807) is 60.2 Å². The number of thiophene rings is 1. The maximum Gasteiger partial charge on any atom is 0.405 e. The third kappa shape index (κ3) is 11.9. The summed E-state index contributed by atoms with van der Waals surface area (Å²) in [5.41, 5.74) is 6.12. The Hall–Kier alpha value is -7.09. The number of aromatic hydroxyl groups is 2. The Morgan fingerprint density at radius 1 is 0.944 bits per heavy atom. The largest absolute Gasteiger partial charge is 0.508 e. The van der Waals surface area contributed by atoms with E-state index in [1.165, 1.54) is 22.0 Å². The van der Waals surface area contributed by atoms with Crippen LogP contribution in [0.3, 0.4) is 0 Å². The smallest absolute Gasteiger partial charge is 0.405 e. The molecule has 7 rings (SSSR count). The normalized spacial score (nSPS) is 13.8. The van der Waals surface area contributed by atoms with E-state index in [-0.39, 0.29) is 66.0 Å². The van der Waals surface area contributed by atoms with Gasteiger partial charge in [0, 0.05) is 52.9 Å². The number of aromatic nitrogens is 3. The fourth-order valence-electron chi connectivity index (χ4n) is 8.10. The zero-order valence-corrected chi connectivity index (χ0v) is 41.7. The Balaban J connectivity index is 0.968. The van der Waals surface area contributed by atoms with Crippen LogP contribution in [0.25, 0.3) is 17.1 Å². The van der Waals surface area contributed by atoms with Crippen molar-refractivity contribution in [2.45, 2.75) is 72.3 Å². The number of nitrogens with one attached hydrogen (secondary N) is 3. The lowest BCUT2D eigenvalue weighted by Crippen LogP contribution is -2.42.